The van der Waals surface area contributed by atoms with Crippen molar-refractivity contribution in [1.29, 1.82) is 0 Å². The number of hydrogen-bond donors (Lipinski definition) is 1. The second-order valence-electron chi connectivity index (χ2n) is 5.74. The van der Waals surface area contributed by atoms with E-state index in [1.165, 1.54) is 11.1 Å². The Morgan fingerprint density at radius 3 is 1.72 bits per heavy atom. The lowest BCUT2D eigenvalue weighted by molar-refractivity contribution is 1.04. The Morgan fingerprint density at radius 1 is 0.480 bits per heavy atom. The molecule has 0 aliphatic rings. The van der Waals surface area contributed by atoms with Crippen molar-refractivity contribution in [1.82, 2.24) is 10.2 Å². The molecule has 3 aromatic carbocycles. The fourth-order valence-electron chi connectivity index (χ4n) is 2.69. The minimum absolute atomic E-state index is 0.732. The minimum Gasteiger partial charge on any atom is -0.339 e. The lowest BCUT2D eigenvalue weighted by Gasteiger charge is -2.06. The Kier molecular flexibility index (Phi) is 4.21. The first-order valence-electron chi connectivity index (χ1n) is 8.20. The number of rotatable bonds is 4. The monoisotopic (exact) mass is 323 g/mol. The van der Waals surface area contributed by atoms with Gasteiger partial charge in [-0.1, -0.05) is 72.8 Å². The van der Waals surface area contributed by atoms with Gasteiger partial charge in [0.1, 0.15) is 0 Å². The van der Waals surface area contributed by atoms with Crippen LogP contribution < -0.4 is 5.32 Å². The van der Waals surface area contributed by atoms with Crippen molar-refractivity contribution in [3.8, 4) is 22.4 Å². The number of nitrogens with zero attached hydrogens (tertiary/aromatic N) is 2. The number of hydrogen-bond acceptors (Lipinski definition) is 3. The number of anilines is 2. The maximum Gasteiger partial charge on any atom is 0.153 e. The average Bonchev–Trinajstić information content (AvgIpc) is 2.70. The minimum atomic E-state index is 0.732. The van der Waals surface area contributed by atoms with E-state index in [4.69, 9.17) is 0 Å². The Balaban J connectivity index is 1.52. The molecule has 4 aromatic rings. The largest absolute Gasteiger partial charge is 0.339 e. The third-order valence-corrected chi connectivity index (χ3v) is 4.00. The van der Waals surface area contributed by atoms with E-state index in [0.29, 0.717) is 0 Å². The van der Waals surface area contributed by atoms with Crippen molar-refractivity contribution < 1.29 is 0 Å². The quantitative estimate of drug-likeness (QED) is 0.535. The number of para-hydroxylation sites is 1. The maximum absolute atomic E-state index is 4.34. The molecule has 0 saturated carbocycles. The molecule has 1 N–H and O–H groups in total. The molecule has 0 aliphatic heterocycles. The van der Waals surface area contributed by atoms with Crippen LogP contribution in [0.1, 0.15) is 0 Å². The van der Waals surface area contributed by atoms with Crippen LogP contribution in [-0.2, 0) is 0 Å². The van der Waals surface area contributed by atoms with Crippen molar-refractivity contribution in [2.45, 2.75) is 0 Å². The van der Waals surface area contributed by atoms with Crippen LogP contribution >= 0.6 is 0 Å². The predicted octanol–water partition coefficient (Wildman–Crippen LogP) is 5.55. The van der Waals surface area contributed by atoms with Crippen LogP contribution in [0.15, 0.2) is 97.1 Å². The normalized spacial score (nSPS) is 10.4. The summed E-state index contributed by atoms with van der Waals surface area (Å²) in [6.07, 6.45) is 0. The van der Waals surface area contributed by atoms with Gasteiger partial charge in [-0.05, 0) is 35.4 Å². The molecule has 0 amide bonds. The van der Waals surface area contributed by atoms with Crippen LogP contribution in [0.3, 0.4) is 0 Å². The van der Waals surface area contributed by atoms with Crippen LogP contribution in [0.25, 0.3) is 22.4 Å². The molecule has 0 spiro atoms. The predicted molar refractivity (Wildman–Crippen MR) is 103 cm³/mol. The zero-order valence-corrected chi connectivity index (χ0v) is 13.6. The van der Waals surface area contributed by atoms with E-state index in [2.05, 4.69) is 51.9 Å². The molecule has 1 aromatic heterocycles. The van der Waals surface area contributed by atoms with E-state index < -0.39 is 0 Å². The highest BCUT2D eigenvalue weighted by atomic mass is 15.2. The molecule has 0 bridgehead atoms. The summed E-state index contributed by atoms with van der Waals surface area (Å²) in [4.78, 5) is 0. The van der Waals surface area contributed by atoms with E-state index in [1.807, 2.05) is 60.7 Å². The topological polar surface area (TPSA) is 37.8 Å². The summed E-state index contributed by atoms with van der Waals surface area (Å²) in [5, 5.41) is 11.8. The van der Waals surface area contributed by atoms with Crippen molar-refractivity contribution in [3.63, 3.8) is 0 Å². The second kappa shape index (κ2) is 6.97. The highest BCUT2D eigenvalue weighted by Crippen LogP contribution is 2.24. The van der Waals surface area contributed by atoms with E-state index in [0.717, 1.165) is 22.8 Å². The number of benzene rings is 3. The van der Waals surface area contributed by atoms with E-state index in [9.17, 15) is 0 Å². The molecule has 1 heterocycles. The Bertz CT molecular complexity index is 932. The van der Waals surface area contributed by atoms with E-state index in [1.54, 1.807) is 0 Å². The highest BCUT2D eigenvalue weighted by Gasteiger charge is 2.03. The molecular weight excluding hydrogens is 306 g/mol. The summed E-state index contributed by atoms with van der Waals surface area (Å²) in [5.41, 5.74) is 5.32. The number of aromatic nitrogens is 2. The zero-order chi connectivity index (χ0) is 16.9. The first-order chi connectivity index (χ1) is 12.4. The smallest absolute Gasteiger partial charge is 0.153 e. The highest BCUT2D eigenvalue weighted by molar-refractivity contribution is 5.69. The van der Waals surface area contributed by atoms with Gasteiger partial charge in [-0.2, -0.15) is 0 Å². The molecular formula is C22H17N3. The van der Waals surface area contributed by atoms with Gasteiger partial charge in [0.15, 0.2) is 5.82 Å². The summed E-state index contributed by atoms with van der Waals surface area (Å²) in [6.45, 7) is 0. The second-order valence-corrected chi connectivity index (χ2v) is 5.74. The molecule has 25 heavy (non-hydrogen) atoms. The van der Waals surface area contributed by atoms with Gasteiger partial charge in [0.05, 0.1) is 5.69 Å². The summed E-state index contributed by atoms with van der Waals surface area (Å²) < 4.78 is 0. The van der Waals surface area contributed by atoms with Crippen LogP contribution in [0.4, 0.5) is 11.5 Å². The van der Waals surface area contributed by atoms with Gasteiger partial charge < -0.3 is 5.32 Å². The SMILES string of the molecule is c1ccc(Nc2ccc(-c3ccc(-c4ccccc4)cc3)nn2)cc1. The van der Waals surface area contributed by atoms with E-state index in [-0.39, 0.29) is 0 Å². The summed E-state index contributed by atoms with van der Waals surface area (Å²) >= 11 is 0. The van der Waals surface area contributed by atoms with Gasteiger partial charge in [-0.15, -0.1) is 10.2 Å². The Hall–Kier alpha value is -3.46. The maximum atomic E-state index is 4.34. The molecule has 3 heteroatoms. The fourth-order valence-corrected chi connectivity index (χ4v) is 2.69. The summed E-state index contributed by atoms with van der Waals surface area (Å²) in [6, 6.07) is 32.6. The van der Waals surface area contributed by atoms with Crippen molar-refractivity contribution in [3.05, 3.63) is 97.1 Å². The molecule has 0 saturated heterocycles. The molecule has 120 valence electrons. The first kappa shape index (κ1) is 15.1. The van der Waals surface area contributed by atoms with Crippen molar-refractivity contribution >= 4 is 11.5 Å². The standard InChI is InChI=1S/C22H17N3/c1-3-7-17(8-4-1)18-11-13-19(14-12-18)21-15-16-22(25-24-21)23-20-9-5-2-6-10-20/h1-16H,(H,23,25). The Labute approximate surface area is 147 Å². The summed E-state index contributed by atoms with van der Waals surface area (Å²) in [7, 11) is 0. The first-order valence-corrected chi connectivity index (χ1v) is 8.20. The molecule has 0 radical (unpaired) electrons. The van der Waals surface area contributed by atoms with Crippen LogP contribution in [0.5, 0.6) is 0 Å². The van der Waals surface area contributed by atoms with Crippen LogP contribution in [-0.4, -0.2) is 10.2 Å². The molecule has 0 atom stereocenters. The third-order valence-electron chi connectivity index (χ3n) is 4.00. The van der Waals surface area contributed by atoms with Gasteiger partial charge in [0.2, 0.25) is 0 Å². The summed E-state index contributed by atoms with van der Waals surface area (Å²) in [5.74, 6) is 0.732. The van der Waals surface area contributed by atoms with Gasteiger partial charge in [-0.3, -0.25) is 0 Å². The third kappa shape index (κ3) is 3.56. The molecule has 0 aliphatic carbocycles. The lowest BCUT2D eigenvalue weighted by atomic mass is 10.0. The van der Waals surface area contributed by atoms with E-state index >= 15 is 0 Å². The molecule has 4 rings (SSSR count). The van der Waals surface area contributed by atoms with Gasteiger partial charge in [0.25, 0.3) is 0 Å². The van der Waals surface area contributed by atoms with Crippen LogP contribution in [0.2, 0.25) is 0 Å². The average molecular weight is 323 g/mol. The van der Waals surface area contributed by atoms with Gasteiger partial charge in [-0.25, -0.2) is 0 Å². The van der Waals surface area contributed by atoms with Crippen LogP contribution in [0, 0.1) is 0 Å². The fraction of sp³-hybridized carbons (Fsp3) is 0. The lowest BCUT2D eigenvalue weighted by Crippen LogP contribution is -1.96. The van der Waals surface area contributed by atoms with Crippen molar-refractivity contribution in [2.24, 2.45) is 0 Å². The van der Waals surface area contributed by atoms with Gasteiger partial charge in [0, 0.05) is 11.3 Å². The van der Waals surface area contributed by atoms with Gasteiger partial charge >= 0.3 is 0 Å². The Morgan fingerprint density at radius 2 is 1.08 bits per heavy atom. The van der Waals surface area contributed by atoms with Crippen molar-refractivity contribution in [2.75, 3.05) is 5.32 Å². The molecule has 0 unspecified atom stereocenters. The molecule has 0 fully saturated rings. The molecule has 3 nitrogen and oxygen atoms in total. The zero-order valence-electron chi connectivity index (χ0n) is 13.6. The number of nitrogens with one attached hydrogen (secondary N) is 1.